The first-order chi connectivity index (χ1) is 8.99. The molecule has 0 heterocycles. The van der Waals surface area contributed by atoms with Crippen molar-refractivity contribution in [1.29, 1.82) is 0 Å². The number of carboxylic acids is 1. The zero-order valence-electron chi connectivity index (χ0n) is 12.2. The van der Waals surface area contributed by atoms with Crippen LogP contribution < -0.4 is 14.8 Å². The van der Waals surface area contributed by atoms with Gasteiger partial charge in [0.25, 0.3) is 0 Å². The van der Waals surface area contributed by atoms with Gasteiger partial charge in [0.1, 0.15) is 17.5 Å². The Morgan fingerprint density at radius 1 is 1.30 bits per heavy atom. The number of methoxy groups -OCH3 is 2. The third kappa shape index (κ3) is 4.90. The number of carboxylic acid groups (broad SMARTS) is 1. The fraction of sp³-hybridized carbons (Fsp3) is 0.500. The highest BCUT2D eigenvalue weighted by atomic mass is 35.5. The Balaban J connectivity index is 0.00000361. The third-order valence-electron chi connectivity index (χ3n) is 2.93. The van der Waals surface area contributed by atoms with Crippen LogP contribution in [0.15, 0.2) is 18.2 Å². The zero-order chi connectivity index (χ0) is 14.4. The van der Waals surface area contributed by atoms with Crippen LogP contribution in [0.5, 0.6) is 11.5 Å². The molecule has 1 aromatic rings. The number of hydrogen-bond acceptors (Lipinski definition) is 4. The highest BCUT2D eigenvalue weighted by molar-refractivity contribution is 5.85. The highest BCUT2D eigenvalue weighted by Crippen LogP contribution is 2.24. The molecular formula is C14H22ClNO4. The van der Waals surface area contributed by atoms with Crippen molar-refractivity contribution in [2.45, 2.75) is 26.4 Å². The van der Waals surface area contributed by atoms with Crippen LogP contribution in [-0.4, -0.2) is 31.3 Å². The average molecular weight is 304 g/mol. The van der Waals surface area contributed by atoms with Gasteiger partial charge in [-0.25, -0.2) is 0 Å². The van der Waals surface area contributed by atoms with E-state index in [4.69, 9.17) is 14.6 Å². The average Bonchev–Trinajstić information content (AvgIpc) is 2.37. The molecule has 1 unspecified atom stereocenters. The molecular weight excluding hydrogens is 282 g/mol. The lowest BCUT2D eigenvalue weighted by molar-refractivity contribution is -0.140. The maximum atomic E-state index is 11.1. The quantitative estimate of drug-likeness (QED) is 0.809. The van der Waals surface area contributed by atoms with Crippen molar-refractivity contribution in [3.05, 3.63) is 23.8 Å². The lowest BCUT2D eigenvalue weighted by Crippen LogP contribution is -2.40. The van der Waals surface area contributed by atoms with E-state index < -0.39 is 12.0 Å². The number of benzene rings is 1. The number of aliphatic carboxylic acids is 1. The number of halogens is 1. The van der Waals surface area contributed by atoms with E-state index in [0.29, 0.717) is 18.0 Å². The second kappa shape index (κ2) is 8.66. The van der Waals surface area contributed by atoms with Crippen LogP contribution in [0.2, 0.25) is 0 Å². The van der Waals surface area contributed by atoms with Gasteiger partial charge >= 0.3 is 5.97 Å². The Morgan fingerprint density at radius 3 is 2.40 bits per heavy atom. The second-order valence-corrected chi connectivity index (χ2v) is 4.62. The molecule has 0 aromatic heterocycles. The number of carbonyl (C=O) groups is 1. The van der Waals surface area contributed by atoms with Gasteiger partial charge < -0.3 is 14.6 Å². The topological polar surface area (TPSA) is 67.8 Å². The molecule has 0 aliphatic heterocycles. The molecule has 0 saturated heterocycles. The Bertz CT molecular complexity index is 437. The number of hydrogen-bond donors (Lipinski definition) is 2. The lowest BCUT2D eigenvalue weighted by Gasteiger charge is -2.19. The first kappa shape index (κ1) is 18.5. The normalized spacial score (nSPS) is 11.7. The molecule has 0 fully saturated rings. The molecule has 2 N–H and O–H groups in total. The first-order valence-electron chi connectivity index (χ1n) is 6.16. The minimum Gasteiger partial charge on any atom is -0.497 e. The standard InChI is InChI=1S/C14H21NO4.ClH/c1-9(2)13(14(16)17)15-8-10-7-11(18-3)5-6-12(10)19-4;/h5-7,9,13,15H,8H2,1-4H3,(H,16,17);1H. The summed E-state index contributed by atoms with van der Waals surface area (Å²) in [5.74, 6) is 0.584. The summed E-state index contributed by atoms with van der Waals surface area (Å²) in [7, 11) is 3.18. The van der Waals surface area contributed by atoms with Gasteiger partial charge in [0.05, 0.1) is 14.2 Å². The predicted molar refractivity (Wildman–Crippen MR) is 79.9 cm³/mol. The fourth-order valence-corrected chi connectivity index (χ4v) is 1.85. The van der Waals surface area contributed by atoms with Crippen LogP contribution in [0.3, 0.4) is 0 Å². The van der Waals surface area contributed by atoms with Crippen LogP contribution in [-0.2, 0) is 11.3 Å². The van der Waals surface area contributed by atoms with Gasteiger partial charge in [0.15, 0.2) is 0 Å². The maximum Gasteiger partial charge on any atom is 0.320 e. The van der Waals surface area contributed by atoms with E-state index in [1.54, 1.807) is 26.4 Å². The van der Waals surface area contributed by atoms with Crippen LogP contribution in [0.25, 0.3) is 0 Å². The van der Waals surface area contributed by atoms with Gasteiger partial charge in [0.2, 0.25) is 0 Å². The summed E-state index contributed by atoms with van der Waals surface area (Å²) in [6.45, 7) is 4.15. The van der Waals surface area contributed by atoms with Gasteiger partial charge in [-0.15, -0.1) is 12.4 Å². The van der Waals surface area contributed by atoms with Gasteiger partial charge in [-0.1, -0.05) is 13.8 Å². The van der Waals surface area contributed by atoms with E-state index in [1.165, 1.54) is 0 Å². The number of ether oxygens (including phenoxy) is 2. The Kier molecular flexibility index (Phi) is 8.03. The molecule has 5 nitrogen and oxygen atoms in total. The summed E-state index contributed by atoms with van der Waals surface area (Å²) < 4.78 is 10.4. The molecule has 0 saturated carbocycles. The Labute approximate surface area is 125 Å². The molecule has 0 bridgehead atoms. The largest absolute Gasteiger partial charge is 0.497 e. The monoisotopic (exact) mass is 303 g/mol. The minimum atomic E-state index is -0.850. The van der Waals surface area contributed by atoms with Crippen LogP contribution in [0.4, 0.5) is 0 Å². The van der Waals surface area contributed by atoms with E-state index in [2.05, 4.69) is 5.32 Å². The van der Waals surface area contributed by atoms with Crippen molar-refractivity contribution in [3.8, 4) is 11.5 Å². The fourth-order valence-electron chi connectivity index (χ4n) is 1.85. The number of nitrogens with one attached hydrogen (secondary N) is 1. The summed E-state index contributed by atoms with van der Waals surface area (Å²) >= 11 is 0. The molecule has 114 valence electrons. The Hall–Kier alpha value is -1.46. The van der Waals surface area contributed by atoms with Gasteiger partial charge in [-0.3, -0.25) is 10.1 Å². The van der Waals surface area contributed by atoms with E-state index in [0.717, 1.165) is 5.56 Å². The maximum absolute atomic E-state index is 11.1. The van der Waals surface area contributed by atoms with Crippen molar-refractivity contribution in [2.75, 3.05) is 14.2 Å². The molecule has 0 spiro atoms. The van der Waals surface area contributed by atoms with E-state index >= 15 is 0 Å². The molecule has 0 amide bonds. The molecule has 20 heavy (non-hydrogen) atoms. The molecule has 0 radical (unpaired) electrons. The Morgan fingerprint density at radius 2 is 1.95 bits per heavy atom. The van der Waals surface area contributed by atoms with E-state index in [-0.39, 0.29) is 18.3 Å². The van der Waals surface area contributed by atoms with Crippen molar-refractivity contribution < 1.29 is 19.4 Å². The van der Waals surface area contributed by atoms with Crippen molar-refractivity contribution in [3.63, 3.8) is 0 Å². The third-order valence-corrected chi connectivity index (χ3v) is 2.93. The van der Waals surface area contributed by atoms with Crippen molar-refractivity contribution >= 4 is 18.4 Å². The van der Waals surface area contributed by atoms with Crippen LogP contribution in [0.1, 0.15) is 19.4 Å². The molecule has 1 atom stereocenters. The zero-order valence-corrected chi connectivity index (χ0v) is 13.0. The highest BCUT2D eigenvalue weighted by Gasteiger charge is 2.21. The van der Waals surface area contributed by atoms with E-state index in [1.807, 2.05) is 19.9 Å². The molecule has 0 aliphatic carbocycles. The first-order valence-corrected chi connectivity index (χ1v) is 6.16. The molecule has 0 aliphatic rings. The minimum absolute atomic E-state index is 0. The van der Waals surface area contributed by atoms with Crippen LogP contribution in [0, 0.1) is 5.92 Å². The SMILES string of the molecule is COc1ccc(OC)c(CNC(C(=O)O)C(C)C)c1.Cl. The van der Waals surface area contributed by atoms with Gasteiger partial charge in [0, 0.05) is 12.1 Å². The van der Waals surface area contributed by atoms with Gasteiger partial charge in [-0.2, -0.15) is 0 Å². The molecule has 6 heteroatoms. The summed E-state index contributed by atoms with van der Waals surface area (Å²) in [6, 6.07) is 4.86. The number of rotatable bonds is 7. The van der Waals surface area contributed by atoms with Crippen molar-refractivity contribution in [1.82, 2.24) is 5.32 Å². The molecule has 1 rings (SSSR count). The van der Waals surface area contributed by atoms with Gasteiger partial charge in [-0.05, 0) is 24.1 Å². The van der Waals surface area contributed by atoms with Crippen molar-refractivity contribution in [2.24, 2.45) is 5.92 Å². The van der Waals surface area contributed by atoms with E-state index in [9.17, 15) is 4.79 Å². The summed E-state index contributed by atoms with van der Waals surface area (Å²) in [5.41, 5.74) is 0.869. The summed E-state index contributed by atoms with van der Waals surface area (Å²) in [5, 5.41) is 12.2. The second-order valence-electron chi connectivity index (χ2n) is 4.62. The lowest BCUT2D eigenvalue weighted by atomic mass is 10.0. The molecule has 1 aromatic carbocycles. The smallest absolute Gasteiger partial charge is 0.320 e. The summed E-state index contributed by atoms with van der Waals surface area (Å²) in [4.78, 5) is 11.1. The van der Waals surface area contributed by atoms with Crippen LogP contribution >= 0.6 is 12.4 Å². The summed E-state index contributed by atoms with van der Waals surface area (Å²) in [6.07, 6.45) is 0. The predicted octanol–water partition coefficient (Wildman–Crippen LogP) is 2.32.